The topological polar surface area (TPSA) is 50.8 Å². The molecule has 1 aliphatic heterocycles. The van der Waals surface area contributed by atoms with Gasteiger partial charge in [0.05, 0.1) is 0 Å². The van der Waals surface area contributed by atoms with E-state index in [0.717, 1.165) is 26.2 Å². The van der Waals surface area contributed by atoms with Crippen LogP contribution in [0.2, 0.25) is 0 Å². The van der Waals surface area contributed by atoms with Crippen molar-refractivity contribution in [3.63, 3.8) is 0 Å². The van der Waals surface area contributed by atoms with Crippen molar-refractivity contribution in [1.29, 1.82) is 0 Å². The standard InChI is InChI=1S/C16H24N2O3/c1-16(2,3)21-15(19)12-20-14-6-4-13(5-7-14)18-10-8-17-9-11-18/h4-7,17H,8-12H2,1-3H3. The lowest BCUT2D eigenvalue weighted by Crippen LogP contribution is -2.43. The molecule has 116 valence electrons. The summed E-state index contributed by atoms with van der Waals surface area (Å²) in [5, 5.41) is 3.33. The van der Waals surface area contributed by atoms with Crippen molar-refractivity contribution in [2.45, 2.75) is 26.4 Å². The number of hydrogen-bond donors (Lipinski definition) is 1. The smallest absolute Gasteiger partial charge is 0.344 e. The monoisotopic (exact) mass is 292 g/mol. The van der Waals surface area contributed by atoms with Gasteiger partial charge in [0.15, 0.2) is 6.61 Å². The second-order valence-electron chi connectivity index (χ2n) is 6.11. The molecule has 0 unspecified atom stereocenters. The second kappa shape index (κ2) is 6.80. The Kier molecular flexibility index (Phi) is 5.07. The van der Waals surface area contributed by atoms with Crippen LogP contribution in [-0.2, 0) is 9.53 Å². The Morgan fingerprint density at radius 2 is 1.81 bits per heavy atom. The third kappa shape index (κ3) is 5.27. The summed E-state index contributed by atoms with van der Waals surface area (Å²) in [6, 6.07) is 7.83. The zero-order valence-corrected chi connectivity index (χ0v) is 13.0. The first kappa shape index (κ1) is 15.6. The first-order valence-corrected chi connectivity index (χ1v) is 7.34. The highest BCUT2D eigenvalue weighted by Gasteiger charge is 2.16. The fourth-order valence-corrected chi connectivity index (χ4v) is 2.19. The maximum absolute atomic E-state index is 11.6. The van der Waals surface area contributed by atoms with Crippen molar-refractivity contribution in [2.75, 3.05) is 37.7 Å². The Morgan fingerprint density at radius 3 is 2.38 bits per heavy atom. The second-order valence-corrected chi connectivity index (χ2v) is 6.11. The number of anilines is 1. The molecule has 1 heterocycles. The highest BCUT2D eigenvalue weighted by atomic mass is 16.6. The Morgan fingerprint density at radius 1 is 1.19 bits per heavy atom. The SMILES string of the molecule is CC(C)(C)OC(=O)COc1ccc(N2CCNCC2)cc1. The van der Waals surface area contributed by atoms with Crippen LogP contribution in [0.25, 0.3) is 0 Å². The molecule has 1 aromatic carbocycles. The zero-order valence-electron chi connectivity index (χ0n) is 13.0. The van der Waals surface area contributed by atoms with Gasteiger partial charge in [-0.2, -0.15) is 0 Å². The molecular weight excluding hydrogens is 268 g/mol. The van der Waals surface area contributed by atoms with E-state index in [1.54, 1.807) is 0 Å². The van der Waals surface area contributed by atoms with Gasteiger partial charge in [-0.15, -0.1) is 0 Å². The Bertz CT molecular complexity index is 459. The molecule has 0 spiro atoms. The fourth-order valence-electron chi connectivity index (χ4n) is 2.19. The number of piperazine rings is 1. The van der Waals surface area contributed by atoms with Crippen molar-refractivity contribution in [3.8, 4) is 5.75 Å². The zero-order chi connectivity index (χ0) is 15.3. The van der Waals surface area contributed by atoms with E-state index in [9.17, 15) is 4.79 Å². The van der Waals surface area contributed by atoms with E-state index in [2.05, 4.69) is 10.2 Å². The molecule has 0 atom stereocenters. The van der Waals surface area contributed by atoms with Crippen molar-refractivity contribution in [3.05, 3.63) is 24.3 Å². The number of nitrogens with zero attached hydrogens (tertiary/aromatic N) is 1. The number of esters is 1. The molecule has 21 heavy (non-hydrogen) atoms. The van der Waals surface area contributed by atoms with Crippen LogP contribution in [0.15, 0.2) is 24.3 Å². The van der Waals surface area contributed by atoms with Gasteiger partial charge in [0, 0.05) is 31.9 Å². The lowest BCUT2D eigenvalue weighted by atomic mass is 10.2. The number of ether oxygens (including phenoxy) is 2. The third-order valence-corrected chi connectivity index (χ3v) is 3.10. The van der Waals surface area contributed by atoms with Crippen LogP contribution in [-0.4, -0.2) is 44.4 Å². The van der Waals surface area contributed by atoms with Crippen LogP contribution in [0.1, 0.15) is 20.8 Å². The highest BCUT2D eigenvalue weighted by molar-refractivity contribution is 5.71. The number of carbonyl (C=O) groups is 1. The van der Waals surface area contributed by atoms with Gasteiger partial charge >= 0.3 is 5.97 Å². The summed E-state index contributed by atoms with van der Waals surface area (Å²) in [5.74, 6) is 0.327. The molecular formula is C16H24N2O3. The van der Waals surface area contributed by atoms with Gasteiger partial charge < -0.3 is 19.7 Å². The normalized spacial score (nSPS) is 15.7. The summed E-state index contributed by atoms with van der Waals surface area (Å²) in [7, 11) is 0. The van der Waals surface area contributed by atoms with Gasteiger partial charge in [0.2, 0.25) is 0 Å². The molecule has 1 aromatic rings. The molecule has 5 heteroatoms. The van der Waals surface area contributed by atoms with Gasteiger partial charge in [-0.25, -0.2) is 4.79 Å². The summed E-state index contributed by atoms with van der Waals surface area (Å²) in [6.07, 6.45) is 0. The van der Waals surface area contributed by atoms with Crippen LogP contribution >= 0.6 is 0 Å². The third-order valence-electron chi connectivity index (χ3n) is 3.10. The number of carbonyl (C=O) groups excluding carboxylic acids is 1. The molecule has 2 rings (SSSR count). The fraction of sp³-hybridized carbons (Fsp3) is 0.562. The van der Waals surface area contributed by atoms with Gasteiger partial charge in [0.25, 0.3) is 0 Å². The first-order chi connectivity index (χ1) is 9.94. The van der Waals surface area contributed by atoms with Gasteiger partial charge in [0.1, 0.15) is 11.4 Å². The number of hydrogen-bond acceptors (Lipinski definition) is 5. The molecule has 0 aliphatic carbocycles. The summed E-state index contributed by atoms with van der Waals surface area (Å²) in [6.45, 7) is 9.50. The summed E-state index contributed by atoms with van der Waals surface area (Å²) >= 11 is 0. The maximum atomic E-state index is 11.6. The van der Waals surface area contributed by atoms with Crippen molar-refractivity contribution >= 4 is 11.7 Å². The molecule has 0 saturated carbocycles. The minimum atomic E-state index is -0.480. The average molecular weight is 292 g/mol. The van der Waals surface area contributed by atoms with Crippen LogP contribution in [0, 0.1) is 0 Å². The van der Waals surface area contributed by atoms with Gasteiger partial charge in [-0.3, -0.25) is 0 Å². The maximum Gasteiger partial charge on any atom is 0.344 e. The van der Waals surface area contributed by atoms with Crippen molar-refractivity contribution < 1.29 is 14.3 Å². The lowest BCUT2D eigenvalue weighted by Gasteiger charge is -2.29. The quantitative estimate of drug-likeness (QED) is 0.858. The average Bonchev–Trinajstić information content (AvgIpc) is 2.45. The molecule has 1 aliphatic rings. The molecule has 0 radical (unpaired) electrons. The molecule has 5 nitrogen and oxygen atoms in total. The highest BCUT2D eigenvalue weighted by Crippen LogP contribution is 2.20. The Hall–Kier alpha value is -1.75. The van der Waals surface area contributed by atoms with Crippen LogP contribution in [0.5, 0.6) is 5.75 Å². The minimum Gasteiger partial charge on any atom is -0.482 e. The number of rotatable bonds is 4. The number of benzene rings is 1. The Balaban J connectivity index is 1.83. The van der Waals surface area contributed by atoms with Crippen molar-refractivity contribution in [1.82, 2.24) is 5.32 Å². The predicted octanol–water partition coefficient (Wildman–Crippen LogP) is 1.82. The predicted molar refractivity (Wildman–Crippen MR) is 82.9 cm³/mol. The summed E-state index contributed by atoms with van der Waals surface area (Å²) in [5.41, 5.74) is 0.702. The first-order valence-electron chi connectivity index (χ1n) is 7.34. The largest absolute Gasteiger partial charge is 0.482 e. The van der Waals surface area contributed by atoms with Gasteiger partial charge in [-0.05, 0) is 45.0 Å². The van der Waals surface area contributed by atoms with E-state index < -0.39 is 5.60 Å². The molecule has 0 aromatic heterocycles. The van der Waals surface area contributed by atoms with Crippen LogP contribution < -0.4 is 15.0 Å². The van der Waals surface area contributed by atoms with E-state index in [-0.39, 0.29) is 12.6 Å². The van der Waals surface area contributed by atoms with E-state index in [4.69, 9.17) is 9.47 Å². The minimum absolute atomic E-state index is 0.0652. The van der Waals surface area contributed by atoms with E-state index >= 15 is 0 Å². The summed E-state index contributed by atoms with van der Waals surface area (Å²) < 4.78 is 10.6. The lowest BCUT2D eigenvalue weighted by molar-refractivity contribution is -0.157. The van der Waals surface area contributed by atoms with E-state index in [1.807, 2.05) is 45.0 Å². The molecule has 1 saturated heterocycles. The van der Waals surface area contributed by atoms with Gasteiger partial charge in [-0.1, -0.05) is 0 Å². The molecule has 1 N–H and O–H groups in total. The number of nitrogens with one attached hydrogen (secondary N) is 1. The molecule has 1 fully saturated rings. The van der Waals surface area contributed by atoms with Crippen LogP contribution in [0.3, 0.4) is 0 Å². The molecule has 0 bridgehead atoms. The summed E-state index contributed by atoms with van der Waals surface area (Å²) in [4.78, 5) is 13.9. The van der Waals surface area contributed by atoms with Crippen LogP contribution in [0.4, 0.5) is 5.69 Å². The van der Waals surface area contributed by atoms with E-state index in [0.29, 0.717) is 5.75 Å². The van der Waals surface area contributed by atoms with Crippen molar-refractivity contribution in [2.24, 2.45) is 0 Å². The Labute approximate surface area is 126 Å². The van der Waals surface area contributed by atoms with E-state index in [1.165, 1.54) is 5.69 Å². The molecule has 0 amide bonds.